The zero-order chi connectivity index (χ0) is 30.5. The monoisotopic (exact) mass is 605 g/mol. The van der Waals surface area contributed by atoms with E-state index >= 15 is 0 Å². The number of benzene rings is 4. The summed E-state index contributed by atoms with van der Waals surface area (Å²) in [5.41, 5.74) is 1.42. The first-order chi connectivity index (χ1) is 19.8. The van der Waals surface area contributed by atoms with E-state index in [2.05, 4.69) is 5.32 Å². The van der Waals surface area contributed by atoms with E-state index < -0.39 is 34.1 Å². The SMILES string of the molecule is CC(C)(C)NC(=O)C(Cc1ccccc1)N(Cc1cccc(Cl)c1)C(=O)CN(c1cccc2ccccc12)S(C)(=O)=O. The zero-order valence-corrected chi connectivity index (χ0v) is 25.8. The average molecular weight is 606 g/mol. The van der Waals surface area contributed by atoms with Gasteiger partial charge in [0.1, 0.15) is 12.6 Å². The van der Waals surface area contributed by atoms with Crippen molar-refractivity contribution in [1.82, 2.24) is 10.2 Å². The molecule has 0 spiro atoms. The molecule has 0 saturated heterocycles. The van der Waals surface area contributed by atoms with Crippen molar-refractivity contribution in [2.75, 3.05) is 17.1 Å². The van der Waals surface area contributed by atoms with E-state index in [1.807, 2.05) is 87.5 Å². The summed E-state index contributed by atoms with van der Waals surface area (Å²) in [5, 5.41) is 5.06. The maximum Gasteiger partial charge on any atom is 0.244 e. The van der Waals surface area contributed by atoms with E-state index in [9.17, 15) is 18.0 Å². The van der Waals surface area contributed by atoms with Crippen LogP contribution in [-0.4, -0.2) is 49.5 Å². The molecule has 7 nitrogen and oxygen atoms in total. The fraction of sp³-hybridized carbons (Fsp3) is 0.273. The Kier molecular flexibility index (Phi) is 9.59. The lowest BCUT2D eigenvalue weighted by Gasteiger charge is -2.35. The van der Waals surface area contributed by atoms with Gasteiger partial charge in [0.2, 0.25) is 21.8 Å². The highest BCUT2D eigenvalue weighted by Crippen LogP contribution is 2.29. The van der Waals surface area contributed by atoms with Crippen LogP contribution in [0.3, 0.4) is 0 Å². The highest BCUT2D eigenvalue weighted by atomic mass is 35.5. The molecule has 0 aliphatic rings. The van der Waals surface area contributed by atoms with Gasteiger partial charge in [0.25, 0.3) is 0 Å². The summed E-state index contributed by atoms with van der Waals surface area (Å²) >= 11 is 6.28. The van der Waals surface area contributed by atoms with Crippen LogP contribution in [0.1, 0.15) is 31.9 Å². The quantitative estimate of drug-likeness (QED) is 0.247. The van der Waals surface area contributed by atoms with Crippen LogP contribution in [0.2, 0.25) is 5.02 Å². The predicted molar refractivity (Wildman–Crippen MR) is 170 cm³/mol. The molecular formula is C33H36ClN3O4S. The number of carbonyl (C=O) groups excluding carboxylic acids is 2. The maximum absolute atomic E-state index is 14.3. The van der Waals surface area contributed by atoms with Crippen molar-refractivity contribution in [3.05, 3.63) is 113 Å². The number of anilines is 1. The van der Waals surface area contributed by atoms with Gasteiger partial charge in [-0.05, 0) is 55.5 Å². The van der Waals surface area contributed by atoms with Gasteiger partial charge in [-0.15, -0.1) is 0 Å². The minimum Gasteiger partial charge on any atom is -0.350 e. The molecule has 220 valence electrons. The van der Waals surface area contributed by atoms with E-state index in [1.54, 1.807) is 30.3 Å². The molecular weight excluding hydrogens is 570 g/mol. The molecule has 4 aromatic rings. The van der Waals surface area contributed by atoms with Crippen molar-refractivity contribution < 1.29 is 18.0 Å². The molecule has 0 fully saturated rings. The van der Waals surface area contributed by atoms with Gasteiger partial charge in [0.15, 0.2) is 0 Å². The van der Waals surface area contributed by atoms with Crippen molar-refractivity contribution in [2.45, 2.75) is 45.3 Å². The lowest BCUT2D eigenvalue weighted by atomic mass is 10.0. The molecule has 42 heavy (non-hydrogen) atoms. The Labute approximate surface area is 253 Å². The van der Waals surface area contributed by atoms with Gasteiger partial charge < -0.3 is 10.2 Å². The van der Waals surface area contributed by atoms with Gasteiger partial charge in [-0.25, -0.2) is 8.42 Å². The van der Waals surface area contributed by atoms with Gasteiger partial charge in [-0.1, -0.05) is 90.5 Å². The van der Waals surface area contributed by atoms with E-state index in [0.717, 1.165) is 21.5 Å². The molecule has 0 radical (unpaired) electrons. The number of sulfonamides is 1. The van der Waals surface area contributed by atoms with Crippen molar-refractivity contribution in [1.29, 1.82) is 0 Å². The number of nitrogens with zero attached hydrogens (tertiary/aromatic N) is 2. The third-order valence-corrected chi connectivity index (χ3v) is 8.09. The Morgan fingerprint density at radius 3 is 2.14 bits per heavy atom. The van der Waals surface area contributed by atoms with Gasteiger partial charge in [-0.3, -0.25) is 13.9 Å². The fourth-order valence-electron chi connectivity index (χ4n) is 4.86. The molecule has 0 bridgehead atoms. The second kappa shape index (κ2) is 13.0. The standard InChI is InChI=1S/C33H36ClN3O4S/c1-33(2,3)35-32(39)30(21-24-12-6-5-7-13-24)36(22-25-14-10-17-27(34)20-25)31(38)23-37(42(4,40)41)29-19-11-16-26-15-8-9-18-28(26)29/h5-20,30H,21-23H2,1-4H3,(H,35,39). The fourth-order valence-corrected chi connectivity index (χ4v) is 5.93. The van der Waals surface area contributed by atoms with Crippen molar-refractivity contribution in [3.8, 4) is 0 Å². The highest BCUT2D eigenvalue weighted by molar-refractivity contribution is 7.92. The largest absolute Gasteiger partial charge is 0.350 e. The third kappa shape index (κ3) is 8.11. The lowest BCUT2D eigenvalue weighted by Crippen LogP contribution is -2.56. The molecule has 1 atom stereocenters. The normalized spacial score (nSPS) is 12.5. The van der Waals surface area contributed by atoms with Gasteiger partial charge in [-0.2, -0.15) is 0 Å². The summed E-state index contributed by atoms with van der Waals surface area (Å²) in [5.74, 6) is -0.851. The molecule has 0 aromatic heterocycles. The van der Waals surface area contributed by atoms with Crippen molar-refractivity contribution in [2.24, 2.45) is 0 Å². The van der Waals surface area contributed by atoms with Gasteiger partial charge in [0, 0.05) is 28.9 Å². The molecule has 4 aromatic carbocycles. The van der Waals surface area contributed by atoms with Crippen LogP contribution in [0.15, 0.2) is 97.1 Å². The summed E-state index contributed by atoms with van der Waals surface area (Å²) in [7, 11) is -3.89. The number of nitrogens with one attached hydrogen (secondary N) is 1. The Hall–Kier alpha value is -3.88. The van der Waals surface area contributed by atoms with Gasteiger partial charge in [0.05, 0.1) is 11.9 Å². The van der Waals surface area contributed by atoms with Crippen LogP contribution in [0.5, 0.6) is 0 Å². The number of amides is 2. The number of hydrogen-bond donors (Lipinski definition) is 1. The second-order valence-electron chi connectivity index (χ2n) is 11.4. The number of rotatable bonds is 10. The van der Waals surface area contributed by atoms with E-state index in [-0.39, 0.29) is 18.9 Å². The lowest BCUT2D eigenvalue weighted by molar-refractivity contribution is -0.140. The predicted octanol–water partition coefficient (Wildman–Crippen LogP) is 5.81. The molecule has 4 rings (SSSR count). The summed E-state index contributed by atoms with van der Waals surface area (Å²) in [4.78, 5) is 29.6. The van der Waals surface area contributed by atoms with Crippen molar-refractivity contribution in [3.63, 3.8) is 0 Å². The third-order valence-electron chi connectivity index (χ3n) is 6.73. The van der Waals surface area contributed by atoms with Crippen molar-refractivity contribution >= 4 is 49.9 Å². The first kappa shape index (κ1) is 31.1. The Balaban J connectivity index is 1.80. The minimum atomic E-state index is -3.89. The molecule has 9 heteroatoms. The molecule has 0 aliphatic carbocycles. The highest BCUT2D eigenvalue weighted by Gasteiger charge is 2.34. The number of hydrogen-bond acceptors (Lipinski definition) is 4. The molecule has 1 N–H and O–H groups in total. The van der Waals surface area contributed by atoms with Gasteiger partial charge >= 0.3 is 0 Å². The van der Waals surface area contributed by atoms with E-state index in [1.165, 1.54) is 4.90 Å². The van der Waals surface area contributed by atoms with Crippen LogP contribution in [0, 0.1) is 0 Å². The Bertz CT molecular complexity index is 1660. The summed E-state index contributed by atoms with van der Waals surface area (Å²) in [6.45, 7) is 5.20. The number of carbonyl (C=O) groups is 2. The van der Waals surface area contributed by atoms with Crippen LogP contribution in [0.25, 0.3) is 10.8 Å². The molecule has 0 aliphatic heterocycles. The van der Waals surface area contributed by atoms with Crippen LogP contribution >= 0.6 is 11.6 Å². The Morgan fingerprint density at radius 1 is 0.857 bits per heavy atom. The maximum atomic E-state index is 14.3. The number of fused-ring (bicyclic) bond motifs is 1. The molecule has 0 heterocycles. The zero-order valence-electron chi connectivity index (χ0n) is 24.2. The van der Waals surface area contributed by atoms with Crippen LogP contribution in [0.4, 0.5) is 5.69 Å². The van der Waals surface area contributed by atoms with E-state index in [4.69, 9.17) is 11.6 Å². The summed E-state index contributed by atoms with van der Waals surface area (Å²) in [6, 6.07) is 28.3. The summed E-state index contributed by atoms with van der Waals surface area (Å²) in [6.07, 6.45) is 1.32. The molecule has 2 amide bonds. The molecule has 0 saturated carbocycles. The second-order valence-corrected chi connectivity index (χ2v) is 13.7. The van der Waals surface area contributed by atoms with E-state index in [0.29, 0.717) is 21.7 Å². The minimum absolute atomic E-state index is 0.0571. The first-order valence-electron chi connectivity index (χ1n) is 13.7. The molecule has 1 unspecified atom stereocenters. The topological polar surface area (TPSA) is 86.8 Å². The average Bonchev–Trinajstić information content (AvgIpc) is 2.92. The number of halogens is 1. The van der Waals surface area contributed by atoms with Crippen LogP contribution in [-0.2, 0) is 32.6 Å². The van der Waals surface area contributed by atoms with Crippen LogP contribution < -0.4 is 9.62 Å². The summed E-state index contributed by atoms with van der Waals surface area (Å²) < 4.78 is 27.5. The Morgan fingerprint density at radius 2 is 1.48 bits per heavy atom. The smallest absolute Gasteiger partial charge is 0.244 e. The first-order valence-corrected chi connectivity index (χ1v) is 15.9.